The van der Waals surface area contributed by atoms with Gasteiger partial charge in [0.2, 0.25) is 0 Å². The first-order valence-electron chi connectivity index (χ1n) is 10.1. The molecule has 0 aliphatic heterocycles. The average Bonchev–Trinajstić information content (AvgIpc) is 2.68. The number of halogens is 2. The first-order chi connectivity index (χ1) is 15.1. The Morgan fingerprint density at radius 3 is 0.844 bits per heavy atom. The maximum atomic E-state index is 4.61. The fourth-order valence-electron chi connectivity index (χ4n) is 3.43. The molecule has 4 nitrogen and oxygen atoms in total. The molecule has 0 saturated carbocycles. The molecule has 0 amide bonds. The van der Waals surface area contributed by atoms with Crippen molar-refractivity contribution >= 4 is 18.8 Å². The molecule has 0 spiro atoms. The van der Waals surface area contributed by atoms with E-state index in [0.29, 0.717) is 0 Å². The second-order valence-corrected chi connectivity index (χ2v) is 8.79. The molecule has 2 aromatic carbocycles. The number of nitrogens with zero attached hydrogens (tertiary/aromatic N) is 4. The summed E-state index contributed by atoms with van der Waals surface area (Å²) in [6, 6.07) is 16.3. The van der Waals surface area contributed by atoms with Crippen LogP contribution in [0.3, 0.4) is 0 Å². The van der Waals surface area contributed by atoms with E-state index >= 15 is 0 Å². The van der Waals surface area contributed by atoms with Gasteiger partial charge in [-0.25, -0.2) is 0 Å². The summed E-state index contributed by atoms with van der Waals surface area (Å²) in [5, 5.41) is 0. The van der Waals surface area contributed by atoms with Crippen molar-refractivity contribution in [2.45, 2.75) is 26.2 Å². The Bertz CT molecular complexity index is 663. The van der Waals surface area contributed by atoms with Gasteiger partial charge in [0.15, 0.2) is 0 Å². The molecule has 0 heterocycles. The third-order valence-corrected chi connectivity index (χ3v) is 4.24. The summed E-state index contributed by atoms with van der Waals surface area (Å²) in [5.41, 5.74) is 7.46. The van der Waals surface area contributed by atoms with Crippen LogP contribution in [0.15, 0.2) is 24.3 Å². The normalized spacial score (nSPS) is 10.9. The number of hydrogen-bond donors (Lipinski definition) is 0. The van der Waals surface area contributed by atoms with Gasteiger partial charge in [-0.3, -0.25) is 0 Å². The molecule has 0 bridgehead atoms. The Labute approximate surface area is 226 Å². The first-order valence-corrected chi connectivity index (χ1v) is 15.7. The quantitative estimate of drug-likeness (QED) is 0.344. The summed E-state index contributed by atoms with van der Waals surface area (Å²) in [7, 11) is 26.1. The molecular weight excluding hydrogens is 805 g/mol. The molecular formula is C24H36Cl2N4Pt2. The van der Waals surface area contributed by atoms with Gasteiger partial charge in [-0.2, -0.15) is 47.5 Å². The van der Waals surface area contributed by atoms with Gasteiger partial charge in [0.1, 0.15) is 0 Å². The van der Waals surface area contributed by atoms with Crippen molar-refractivity contribution in [1.82, 2.24) is 19.6 Å². The van der Waals surface area contributed by atoms with Gasteiger partial charge in [-0.15, -0.1) is 22.3 Å². The van der Waals surface area contributed by atoms with Crippen LogP contribution in [0.2, 0.25) is 0 Å². The van der Waals surface area contributed by atoms with Crippen molar-refractivity contribution < 1.29 is 37.5 Å². The van der Waals surface area contributed by atoms with Crippen LogP contribution in [0.25, 0.3) is 11.1 Å². The van der Waals surface area contributed by atoms with Crippen LogP contribution < -0.4 is 0 Å². The Balaban J connectivity index is 0.00000227. The number of rotatable bonds is 9. The Kier molecular flexibility index (Phi) is 17.8. The van der Waals surface area contributed by atoms with Crippen LogP contribution in [-0.4, -0.2) is 76.0 Å². The van der Waals surface area contributed by atoms with Crippen molar-refractivity contribution in [2.24, 2.45) is 0 Å². The van der Waals surface area contributed by atoms with E-state index in [1.807, 2.05) is 0 Å². The summed E-state index contributed by atoms with van der Waals surface area (Å²) in [4.78, 5) is 8.79. The summed E-state index contributed by atoms with van der Waals surface area (Å²) in [6.07, 6.45) is 0. The fourth-order valence-corrected chi connectivity index (χ4v) is 3.43. The van der Waals surface area contributed by atoms with Crippen molar-refractivity contribution in [2.75, 3.05) is 56.4 Å². The molecule has 0 aromatic heterocycles. The minimum absolute atomic E-state index is 0.891. The summed E-state index contributed by atoms with van der Waals surface area (Å²) >= 11 is 3.22. The van der Waals surface area contributed by atoms with Crippen LogP contribution in [0.1, 0.15) is 22.3 Å². The summed E-state index contributed by atoms with van der Waals surface area (Å²) < 4.78 is 0. The van der Waals surface area contributed by atoms with E-state index in [1.165, 1.54) is 33.4 Å². The van der Waals surface area contributed by atoms with E-state index in [2.05, 4.69) is 131 Å². The van der Waals surface area contributed by atoms with Crippen molar-refractivity contribution in [1.29, 1.82) is 0 Å². The number of hydrogen-bond acceptors (Lipinski definition) is 4. The van der Waals surface area contributed by atoms with Gasteiger partial charge in [0.05, 0.1) is 0 Å². The van der Waals surface area contributed by atoms with Gasteiger partial charge in [-0.05, 0) is 56.4 Å². The second kappa shape index (κ2) is 17.6. The van der Waals surface area contributed by atoms with Crippen molar-refractivity contribution in [3.63, 3.8) is 0 Å². The molecule has 0 fully saturated rings. The fraction of sp³-hybridized carbons (Fsp3) is 0.500. The van der Waals surface area contributed by atoms with E-state index < -0.39 is 0 Å². The minimum atomic E-state index is 0.891. The predicted octanol–water partition coefficient (Wildman–Crippen LogP) is 4.57. The topological polar surface area (TPSA) is 13.0 Å². The van der Waals surface area contributed by atoms with E-state index in [-0.39, 0.29) is 0 Å². The third-order valence-electron chi connectivity index (χ3n) is 4.24. The zero-order valence-electron chi connectivity index (χ0n) is 20.3. The zero-order chi connectivity index (χ0) is 24.8. The molecule has 0 aliphatic rings. The standard InChI is InChI=1S/C24H36N4.2ClH.2Pt/c1-25(2)15-19-9-20(16-26(3)4)12-23(11-19)24-13-21(17-27(5)6)10-22(14-24)18-28(7)8;;;;/h11-14H,15-18H2,1-8H3;2*1H;;/q-2;;;2*+2/p-2. The first kappa shape index (κ1) is 32.2. The Hall–Kier alpha value is 0.237. The molecule has 8 heteroatoms. The number of benzene rings is 2. The zero-order valence-corrected chi connectivity index (χ0v) is 26.4. The molecule has 0 aliphatic carbocycles. The van der Waals surface area contributed by atoms with E-state index in [0.717, 1.165) is 26.2 Å². The van der Waals surface area contributed by atoms with Gasteiger partial charge in [0, 0.05) is 26.2 Å². The summed E-state index contributed by atoms with van der Waals surface area (Å²) in [6.45, 7) is 3.56. The van der Waals surface area contributed by atoms with Gasteiger partial charge >= 0.3 is 56.4 Å². The van der Waals surface area contributed by atoms with Crippen molar-refractivity contribution in [3.8, 4) is 11.1 Å². The Morgan fingerprint density at radius 1 is 0.500 bits per heavy atom. The van der Waals surface area contributed by atoms with Crippen LogP contribution in [0.4, 0.5) is 0 Å². The van der Waals surface area contributed by atoms with Crippen LogP contribution in [0.5, 0.6) is 0 Å². The SMILES string of the molecule is CN(C)Cc1[c-]c(CN(C)C)cc(-c2cc(CN(C)C)[c-]c(CN(C)C)c2)c1.[Cl][Pt+].[Cl][Pt+]. The molecule has 0 N–H and O–H groups in total. The van der Waals surface area contributed by atoms with Crippen LogP contribution in [0, 0.1) is 12.1 Å². The van der Waals surface area contributed by atoms with Gasteiger partial charge in [0.25, 0.3) is 0 Å². The molecule has 186 valence electrons. The molecule has 0 radical (unpaired) electrons. The predicted molar refractivity (Wildman–Crippen MR) is 131 cm³/mol. The van der Waals surface area contributed by atoms with E-state index in [9.17, 15) is 0 Å². The maximum absolute atomic E-state index is 4.61. The summed E-state index contributed by atoms with van der Waals surface area (Å²) in [5.74, 6) is 0. The van der Waals surface area contributed by atoms with Crippen LogP contribution in [-0.2, 0) is 63.7 Å². The third kappa shape index (κ3) is 13.2. The molecule has 2 rings (SSSR count). The molecule has 0 saturated heterocycles. The van der Waals surface area contributed by atoms with E-state index in [4.69, 9.17) is 0 Å². The second-order valence-electron chi connectivity index (χ2n) is 8.79. The molecule has 2 aromatic rings. The van der Waals surface area contributed by atoms with Crippen molar-refractivity contribution in [3.05, 3.63) is 58.7 Å². The molecule has 32 heavy (non-hydrogen) atoms. The molecule has 0 atom stereocenters. The van der Waals surface area contributed by atoms with Crippen LogP contribution >= 0.6 is 18.8 Å². The van der Waals surface area contributed by atoms with Gasteiger partial charge in [-0.1, -0.05) is 0 Å². The monoisotopic (exact) mass is 840 g/mol. The molecule has 0 unspecified atom stereocenters. The van der Waals surface area contributed by atoms with E-state index in [1.54, 1.807) is 37.5 Å². The average molecular weight is 842 g/mol. The van der Waals surface area contributed by atoms with Gasteiger partial charge < -0.3 is 19.6 Å². The Morgan fingerprint density at radius 2 is 0.688 bits per heavy atom.